The first-order valence-corrected chi connectivity index (χ1v) is 10.8. The second-order valence-corrected chi connectivity index (χ2v) is 8.70. The van der Waals surface area contributed by atoms with Crippen molar-refractivity contribution in [2.45, 2.75) is 13.5 Å². The molecule has 1 aliphatic rings. The summed E-state index contributed by atoms with van der Waals surface area (Å²) in [7, 11) is 0. The number of benzene rings is 3. The zero-order valence-corrected chi connectivity index (χ0v) is 17.5. The van der Waals surface area contributed by atoms with Crippen molar-refractivity contribution in [2.24, 2.45) is 0 Å². The smallest absolute Gasteiger partial charge is 0.275 e. The third-order valence-corrected chi connectivity index (χ3v) is 6.77. The fraction of sp³-hybridized carbons (Fsp3) is 0.0800. The molecule has 0 aliphatic carbocycles. The van der Waals surface area contributed by atoms with Crippen LogP contribution in [0.5, 0.6) is 0 Å². The van der Waals surface area contributed by atoms with Gasteiger partial charge in [0.05, 0.1) is 28.8 Å². The Morgan fingerprint density at radius 3 is 2.48 bits per heavy atom. The summed E-state index contributed by atoms with van der Waals surface area (Å²) in [5.74, 6) is -0.146. The Balaban J connectivity index is 1.58. The predicted molar refractivity (Wildman–Crippen MR) is 123 cm³/mol. The average molecular weight is 423 g/mol. The SMILES string of the molecule is Cc1ccc(CN2C(=O)C(=c3sc4nc5ccccc5n4c3=O)c3ccccc32)cc1. The molecular weight excluding hydrogens is 406 g/mol. The van der Waals surface area contributed by atoms with Gasteiger partial charge in [0.25, 0.3) is 11.5 Å². The molecular formula is C25H17N3O2S. The summed E-state index contributed by atoms with van der Waals surface area (Å²) in [5, 5.41) is 0. The van der Waals surface area contributed by atoms with Crippen LogP contribution in [0.15, 0.2) is 77.6 Å². The van der Waals surface area contributed by atoms with E-state index in [9.17, 15) is 9.59 Å². The van der Waals surface area contributed by atoms with Crippen molar-refractivity contribution in [3.63, 3.8) is 0 Å². The summed E-state index contributed by atoms with van der Waals surface area (Å²) in [5.41, 5.74) is 5.67. The Kier molecular flexibility index (Phi) is 3.85. The van der Waals surface area contributed by atoms with Gasteiger partial charge in [0, 0.05) is 5.56 Å². The topological polar surface area (TPSA) is 54.7 Å². The number of rotatable bonds is 2. The molecule has 0 N–H and O–H groups in total. The van der Waals surface area contributed by atoms with Crippen LogP contribution in [-0.4, -0.2) is 15.3 Å². The van der Waals surface area contributed by atoms with Crippen LogP contribution in [0.2, 0.25) is 0 Å². The van der Waals surface area contributed by atoms with Gasteiger partial charge in [0.15, 0.2) is 4.96 Å². The number of para-hydroxylation sites is 3. The number of hydrogen-bond acceptors (Lipinski definition) is 4. The van der Waals surface area contributed by atoms with Crippen LogP contribution in [0, 0.1) is 6.92 Å². The summed E-state index contributed by atoms with van der Waals surface area (Å²) in [6.45, 7) is 2.50. The van der Waals surface area contributed by atoms with E-state index in [0.29, 0.717) is 21.6 Å². The van der Waals surface area contributed by atoms with Crippen LogP contribution in [-0.2, 0) is 11.3 Å². The quantitative estimate of drug-likeness (QED) is 0.435. The van der Waals surface area contributed by atoms with Crippen LogP contribution in [0.25, 0.3) is 21.6 Å². The zero-order valence-electron chi connectivity index (χ0n) is 16.7. The molecule has 0 saturated heterocycles. The zero-order chi connectivity index (χ0) is 21.1. The molecule has 0 radical (unpaired) electrons. The summed E-state index contributed by atoms with van der Waals surface area (Å²) < 4.78 is 2.05. The minimum atomic E-state index is -0.191. The number of anilines is 1. The first kappa shape index (κ1) is 18.0. The molecule has 31 heavy (non-hydrogen) atoms. The van der Waals surface area contributed by atoms with Crippen LogP contribution in [0.4, 0.5) is 5.69 Å². The van der Waals surface area contributed by atoms with Crippen LogP contribution < -0.4 is 15.0 Å². The van der Waals surface area contributed by atoms with E-state index in [2.05, 4.69) is 4.98 Å². The number of hydrogen-bond donors (Lipinski definition) is 0. The van der Waals surface area contributed by atoms with Crippen LogP contribution in [0.1, 0.15) is 16.7 Å². The van der Waals surface area contributed by atoms with E-state index in [0.717, 1.165) is 27.8 Å². The lowest BCUT2D eigenvalue weighted by molar-refractivity contribution is -0.113. The first-order chi connectivity index (χ1) is 15.1. The fourth-order valence-electron chi connectivity index (χ4n) is 4.20. The highest BCUT2D eigenvalue weighted by Gasteiger charge is 2.34. The van der Waals surface area contributed by atoms with Crippen molar-refractivity contribution < 1.29 is 4.79 Å². The van der Waals surface area contributed by atoms with Gasteiger partial charge < -0.3 is 4.90 Å². The van der Waals surface area contributed by atoms with Gasteiger partial charge in [-0.1, -0.05) is 71.5 Å². The van der Waals surface area contributed by atoms with Crippen molar-refractivity contribution in [2.75, 3.05) is 4.90 Å². The number of carbonyl (C=O) groups is 1. The Labute approximate surface area is 181 Å². The highest BCUT2D eigenvalue weighted by atomic mass is 32.1. The molecule has 1 aliphatic heterocycles. The third kappa shape index (κ3) is 2.65. The molecule has 0 spiro atoms. The van der Waals surface area contributed by atoms with Gasteiger partial charge in [0.2, 0.25) is 0 Å². The molecule has 5 aromatic rings. The maximum Gasteiger partial charge on any atom is 0.275 e. The number of thiazole rings is 1. The maximum absolute atomic E-state index is 13.6. The van der Waals surface area contributed by atoms with Crippen LogP contribution in [0.3, 0.4) is 0 Å². The number of nitrogens with zero attached hydrogens (tertiary/aromatic N) is 3. The number of amides is 1. The van der Waals surface area contributed by atoms with Gasteiger partial charge >= 0.3 is 0 Å². The molecule has 0 fully saturated rings. The van der Waals surface area contributed by atoms with Crippen molar-refractivity contribution in [3.05, 3.63) is 104 Å². The van der Waals surface area contributed by atoms with E-state index in [1.165, 1.54) is 16.9 Å². The lowest BCUT2D eigenvalue weighted by Gasteiger charge is -2.17. The van der Waals surface area contributed by atoms with Crippen LogP contribution >= 0.6 is 11.3 Å². The van der Waals surface area contributed by atoms with Gasteiger partial charge in [-0.05, 0) is 30.7 Å². The second-order valence-electron chi connectivity index (χ2n) is 7.72. The standard InChI is InChI=1S/C25H17N3O2S/c1-15-10-12-16(13-11-15)14-27-19-8-4-2-6-17(19)21(23(27)29)22-24(30)28-20-9-5-3-7-18(20)26-25(28)31-22/h2-13H,14H2,1H3. The minimum Gasteiger partial charge on any atom is -0.303 e. The lowest BCUT2D eigenvalue weighted by Crippen LogP contribution is -2.31. The van der Waals surface area contributed by atoms with Gasteiger partial charge in [-0.3, -0.25) is 9.59 Å². The molecule has 3 aromatic carbocycles. The summed E-state index contributed by atoms with van der Waals surface area (Å²) in [4.78, 5) is 33.9. The summed E-state index contributed by atoms with van der Waals surface area (Å²) >= 11 is 1.28. The molecule has 0 unspecified atom stereocenters. The number of aryl methyl sites for hydroxylation is 1. The number of aromatic nitrogens is 2. The van der Waals surface area contributed by atoms with E-state index in [1.54, 1.807) is 9.30 Å². The first-order valence-electron chi connectivity index (χ1n) is 10.0. The van der Waals surface area contributed by atoms with Gasteiger partial charge in [0.1, 0.15) is 4.53 Å². The van der Waals surface area contributed by atoms with Crippen molar-refractivity contribution >= 4 is 44.5 Å². The van der Waals surface area contributed by atoms with Gasteiger partial charge in [-0.2, -0.15) is 0 Å². The normalized spacial score (nSPS) is 15.3. The molecule has 5 nitrogen and oxygen atoms in total. The van der Waals surface area contributed by atoms with Crippen molar-refractivity contribution in [1.82, 2.24) is 9.38 Å². The van der Waals surface area contributed by atoms with E-state index in [-0.39, 0.29) is 11.5 Å². The molecule has 1 amide bonds. The fourth-order valence-corrected chi connectivity index (χ4v) is 5.27. The van der Waals surface area contributed by atoms with E-state index in [1.807, 2.05) is 79.7 Å². The van der Waals surface area contributed by atoms with E-state index < -0.39 is 0 Å². The summed E-state index contributed by atoms with van der Waals surface area (Å²) in [6.07, 6.45) is 0. The molecule has 6 rings (SSSR count). The highest BCUT2D eigenvalue weighted by molar-refractivity contribution is 7.15. The Morgan fingerprint density at radius 1 is 0.903 bits per heavy atom. The second kappa shape index (κ2) is 6.62. The Bertz CT molecular complexity index is 1610. The molecule has 0 saturated carbocycles. The molecule has 150 valence electrons. The van der Waals surface area contributed by atoms with Gasteiger partial charge in [-0.15, -0.1) is 0 Å². The highest BCUT2D eigenvalue weighted by Crippen LogP contribution is 2.36. The number of imidazole rings is 1. The number of fused-ring (bicyclic) bond motifs is 4. The average Bonchev–Trinajstić information content (AvgIpc) is 3.39. The van der Waals surface area contributed by atoms with Gasteiger partial charge in [-0.25, -0.2) is 9.38 Å². The molecule has 0 bridgehead atoms. The minimum absolute atomic E-state index is 0.146. The van der Waals surface area contributed by atoms with E-state index >= 15 is 0 Å². The van der Waals surface area contributed by atoms with Crippen molar-refractivity contribution in [1.29, 1.82) is 0 Å². The summed E-state index contributed by atoms with van der Waals surface area (Å²) in [6, 6.07) is 23.4. The molecule has 2 aromatic heterocycles. The monoisotopic (exact) mass is 423 g/mol. The lowest BCUT2D eigenvalue weighted by atomic mass is 10.1. The predicted octanol–water partition coefficient (Wildman–Crippen LogP) is 3.68. The maximum atomic E-state index is 13.6. The Morgan fingerprint density at radius 2 is 1.65 bits per heavy atom. The Hall–Kier alpha value is -3.77. The van der Waals surface area contributed by atoms with E-state index in [4.69, 9.17) is 0 Å². The molecule has 3 heterocycles. The van der Waals surface area contributed by atoms with Crippen molar-refractivity contribution in [3.8, 4) is 0 Å². The molecule has 6 heteroatoms. The molecule has 0 atom stereocenters. The third-order valence-electron chi connectivity index (χ3n) is 5.73. The largest absolute Gasteiger partial charge is 0.303 e. The number of carbonyl (C=O) groups excluding carboxylic acids is 1.